The molecule has 0 heterocycles. The van der Waals surface area contributed by atoms with Crippen LogP contribution in [0.3, 0.4) is 0 Å². The van der Waals surface area contributed by atoms with Crippen LogP contribution in [0.25, 0.3) is 5.57 Å². The lowest BCUT2D eigenvalue weighted by Gasteiger charge is -2.27. The Labute approximate surface area is 236 Å². The van der Waals surface area contributed by atoms with Gasteiger partial charge in [0, 0.05) is 29.7 Å². The van der Waals surface area contributed by atoms with Crippen LogP contribution < -0.4 is 9.47 Å². The Morgan fingerprint density at radius 1 is 0.900 bits per heavy atom. The number of halogens is 1. The average molecular weight is 541 g/mol. The largest absolute Gasteiger partial charge is 0.493 e. The van der Waals surface area contributed by atoms with Crippen molar-refractivity contribution in [3.63, 3.8) is 0 Å². The van der Waals surface area contributed by atoms with Crippen LogP contribution >= 0.6 is 0 Å². The van der Waals surface area contributed by atoms with E-state index >= 15 is 0 Å². The van der Waals surface area contributed by atoms with Gasteiger partial charge in [0.2, 0.25) is 0 Å². The minimum Gasteiger partial charge on any atom is -0.493 e. The molecule has 4 nitrogen and oxygen atoms in total. The number of benzene rings is 3. The van der Waals surface area contributed by atoms with Crippen molar-refractivity contribution in [1.29, 1.82) is 0 Å². The molecule has 2 aliphatic carbocycles. The summed E-state index contributed by atoms with van der Waals surface area (Å²) < 4.78 is 25.8. The number of para-hydroxylation sites is 1. The van der Waals surface area contributed by atoms with Crippen LogP contribution in [0.4, 0.5) is 4.39 Å². The highest BCUT2D eigenvalue weighted by Crippen LogP contribution is 2.49. The lowest BCUT2D eigenvalue weighted by atomic mass is 9.76. The Hall–Kier alpha value is -3.73. The van der Waals surface area contributed by atoms with Gasteiger partial charge in [-0.3, -0.25) is 9.59 Å². The maximum atomic E-state index is 13.9. The maximum Gasteiger partial charge on any atom is 0.164 e. The second-order valence-corrected chi connectivity index (χ2v) is 11.1. The Bertz CT molecular complexity index is 1370. The van der Waals surface area contributed by atoms with Crippen LogP contribution in [0.2, 0.25) is 0 Å². The van der Waals surface area contributed by atoms with Crippen molar-refractivity contribution in [3.05, 3.63) is 101 Å². The van der Waals surface area contributed by atoms with E-state index in [-0.39, 0.29) is 29.4 Å². The average Bonchev–Trinajstić information content (AvgIpc) is 3.42. The SMILES string of the molecule is COc1c(OCc2ccc(CC(C)=O)cc2)cccc1C1CC(c2ccc(F)cc2)=CC1C(=O)C1CCCCC1. The third kappa shape index (κ3) is 6.35. The fraction of sp³-hybridized carbons (Fsp3) is 0.371. The van der Waals surface area contributed by atoms with Gasteiger partial charge in [-0.15, -0.1) is 0 Å². The number of carbonyl (C=O) groups excluding carboxylic acids is 2. The molecule has 5 heteroatoms. The molecule has 2 unspecified atom stereocenters. The Morgan fingerprint density at radius 2 is 1.60 bits per heavy atom. The number of hydrogen-bond acceptors (Lipinski definition) is 4. The van der Waals surface area contributed by atoms with Gasteiger partial charge < -0.3 is 9.47 Å². The summed E-state index contributed by atoms with van der Waals surface area (Å²) in [5.41, 5.74) is 4.95. The van der Waals surface area contributed by atoms with Crippen molar-refractivity contribution in [3.8, 4) is 11.5 Å². The van der Waals surface area contributed by atoms with E-state index in [1.54, 1.807) is 26.2 Å². The molecule has 3 aromatic carbocycles. The van der Waals surface area contributed by atoms with Gasteiger partial charge in [0.1, 0.15) is 24.0 Å². The number of hydrogen-bond donors (Lipinski definition) is 0. The van der Waals surface area contributed by atoms with Gasteiger partial charge in [0.25, 0.3) is 0 Å². The van der Waals surface area contributed by atoms with Crippen molar-refractivity contribution >= 4 is 17.1 Å². The summed E-state index contributed by atoms with van der Waals surface area (Å²) in [6.07, 6.45) is 8.51. The van der Waals surface area contributed by atoms with Gasteiger partial charge >= 0.3 is 0 Å². The number of allylic oxidation sites excluding steroid dienone is 2. The smallest absolute Gasteiger partial charge is 0.164 e. The van der Waals surface area contributed by atoms with Crippen LogP contribution in [0.15, 0.2) is 72.8 Å². The zero-order valence-electron chi connectivity index (χ0n) is 23.3. The molecule has 0 aliphatic heterocycles. The Kier molecular flexibility index (Phi) is 8.78. The molecule has 0 amide bonds. The van der Waals surface area contributed by atoms with Gasteiger partial charge in [0.15, 0.2) is 11.5 Å². The van der Waals surface area contributed by atoms with Gasteiger partial charge in [-0.25, -0.2) is 4.39 Å². The molecule has 0 N–H and O–H groups in total. The van der Waals surface area contributed by atoms with Crippen molar-refractivity contribution in [2.45, 2.75) is 64.4 Å². The lowest BCUT2D eigenvalue weighted by Crippen LogP contribution is -2.27. The predicted octanol–water partition coefficient (Wildman–Crippen LogP) is 7.88. The first kappa shape index (κ1) is 27.8. The first-order chi connectivity index (χ1) is 19.4. The van der Waals surface area contributed by atoms with E-state index in [9.17, 15) is 14.0 Å². The summed E-state index contributed by atoms with van der Waals surface area (Å²) in [6.45, 7) is 1.94. The lowest BCUT2D eigenvalue weighted by molar-refractivity contribution is -0.126. The molecule has 0 radical (unpaired) electrons. The van der Waals surface area contributed by atoms with E-state index in [2.05, 4.69) is 6.08 Å². The molecule has 208 valence electrons. The van der Waals surface area contributed by atoms with Crippen LogP contribution in [0.1, 0.15) is 73.6 Å². The molecule has 2 aliphatic rings. The van der Waals surface area contributed by atoms with Gasteiger partial charge in [-0.05, 0) is 66.6 Å². The molecule has 1 saturated carbocycles. The van der Waals surface area contributed by atoms with E-state index in [1.165, 1.54) is 18.6 Å². The highest BCUT2D eigenvalue weighted by atomic mass is 19.1. The number of carbonyl (C=O) groups is 2. The zero-order chi connectivity index (χ0) is 28.1. The van der Waals surface area contributed by atoms with Crippen molar-refractivity contribution in [2.75, 3.05) is 7.11 Å². The summed E-state index contributed by atoms with van der Waals surface area (Å²) in [5.74, 6) is 1.19. The van der Waals surface area contributed by atoms with Gasteiger partial charge in [0.05, 0.1) is 7.11 Å². The maximum absolute atomic E-state index is 13.9. The summed E-state index contributed by atoms with van der Waals surface area (Å²) in [6, 6.07) is 20.3. The zero-order valence-corrected chi connectivity index (χ0v) is 23.3. The minimum absolute atomic E-state index is 0.0844. The number of Topliss-reactive ketones (excluding diaryl/α,β-unsaturated/α-hetero) is 2. The predicted molar refractivity (Wildman–Crippen MR) is 155 cm³/mol. The van der Waals surface area contributed by atoms with Crippen molar-refractivity contribution in [1.82, 2.24) is 0 Å². The highest BCUT2D eigenvalue weighted by molar-refractivity contribution is 5.90. The van der Waals surface area contributed by atoms with E-state index in [1.807, 2.05) is 42.5 Å². The van der Waals surface area contributed by atoms with Crippen LogP contribution in [0, 0.1) is 17.7 Å². The molecule has 40 heavy (non-hydrogen) atoms. The Balaban J connectivity index is 1.41. The van der Waals surface area contributed by atoms with E-state index < -0.39 is 0 Å². The van der Waals surface area contributed by atoms with E-state index in [0.717, 1.165) is 53.5 Å². The quantitative estimate of drug-likeness (QED) is 0.262. The molecule has 1 fully saturated rings. The first-order valence-electron chi connectivity index (χ1n) is 14.3. The molecule has 0 saturated heterocycles. The molecule has 3 aromatic rings. The summed E-state index contributed by atoms with van der Waals surface area (Å²) in [5, 5.41) is 0. The van der Waals surface area contributed by atoms with Gasteiger partial charge in [-0.1, -0.05) is 73.9 Å². The minimum atomic E-state index is -0.270. The third-order valence-electron chi connectivity index (χ3n) is 8.29. The number of ether oxygens (including phenoxy) is 2. The molecule has 0 spiro atoms. The van der Waals surface area contributed by atoms with Crippen molar-refractivity contribution in [2.24, 2.45) is 11.8 Å². The third-order valence-corrected chi connectivity index (χ3v) is 8.29. The molecular formula is C35H37FO4. The van der Waals surface area contributed by atoms with Crippen molar-refractivity contribution < 1.29 is 23.5 Å². The summed E-state index contributed by atoms with van der Waals surface area (Å²) in [7, 11) is 1.64. The fourth-order valence-electron chi connectivity index (χ4n) is 6.24. The van der Waals surface area contributed by atoms with Gasteiger partial charge in [-0.2, -0.15) is 0 Å². The molecule has 0 bridgehead atoms. The molecule has 0 aromatic heterocycles. The van der Waals surface area contributed by atoms with Crippen LogP contribution in [-0.4, -0.2) is 18.7 Å². The molecule has 2 atom stereocenters. The fourth-order valence-corrected chi connectivity index (χ4v) is 6.24. The van der Waals surface area contributed by atoms with Crippen LogP contribution in [-0.2, 0) is 22.6 Å². The van der Waals surface area contributed by atoms with E-state index in [4.69, 9.17) is 9.47 Å². The monoisotopic (exact) mass is 540 g/mol. The standard InChI is InChI=1S/C35H37FO4/c1-23(37)19-24-11-13-25(14-12-24)22-40-33-10-6-9-30(35(33)39-2)31-20-28(26-15-17-29(36)18-16-26)21-32(31)34(38)27-7-4-3-5-8-27/h6,9-18,21,27,31-32H,3-5,7-8,19-20,22H2,1-2H3. The molecule has 5 rings (SSSR count). The number of methoxy groups -OCH3 is 1. The van der Waals surface area contributed by atoms with Crippen LogP contribution in [0.5, 0.6) is 11.5 Å². The highest BCUT2D eigenvalue weighted by Gasteiger charge is 2.39. The first-order valence-corrected chi connectivity index (χ1v) is 14.3. The summed E-state index contributed by atoms with van der Waals surface area (Å²) in [4.78, 5) is 25.3. The second kappa shape index (κ2) is 12.6. The van der Waals surface area contributed by atoms with E-state index in [0.29, 0.717) is 36.7 Å². The normalized spacial score (nSPS) is 19.2. The topological polar surface area (TPSA) is 52.6 Å². The Morgan fingerprint density at radius 3 is 2.27 bits per heavy atom. The molecular weight excluding hydrogens is 503 g/mol. The summed E-state index contributed by atoms with van der Waals surface area (Å²) >= 11 is 0. The second-order valence-electron chi connectivity index (χ2n) is 11.1. The number of ketones is 2. The number of rotatable bonds is 10.